The van der Waals surface area contributed by atoms with Crippen molar-refractivity contribution < 1.29 is 14.4 Å². The van der Waals surface area contributed by atoms with Gasteiger partial charge in [-0.2, -0.15) is 0 Å². The van der Waals surface area contributed by atoms with Crippen molar-refractivity contribution in [2.24, 2.45) is 0 Å². The van der Waals surface area contributed by atoms with Gasteiger partial charge in [0.2, 0.25) is 5.91 Å². The van der Waals surface area contributed by atoms with Crippen LogP contribution < -0.4 is 5.32 Å². The number of imidazole rings is 1. The molecule has 4 rings (SSSR count). The zero-order valence-electron chi connectivity index (χ0n) is 16.2. The van der Waals surface area contributed by atoms with Crippen LogP contribution in [-0.2, 0) is 11.2 Å². The van der Waals surface area contributed by atoms with Crippen LogP contribution in [0.4, 0.5) is 0 Å². The monoisotopic (exact) mass is 390 g/mol. The summed E-state index contributed by atoms with van der Waals surface area (Å²) in [7, 11) is 0. The molecule has 0 atom stereocenters. The van der Waals surface area contributed by atoms with Gasteiger partial charge in [0.15, 0.2) is 0 Å². The molecule has 148 valence electrons. The number of hydrogen-bond acceptors (Lipinski definition) is 4. The van der Waals surface area contributed by atoms with Gasteiger partial charge in [-0.05, 0) is 37.1 Å². The zero-order valence-corrected chi connectivity index (χ0v) is 16.2. The molecule has 0 bridgehead atoms. The summed E-state index contributed by atoms with van der Waals surface area (Å²) in [5.41, 5.74) is 3.84. The van der Waals surface area contributed by atoms with E-state index in [0.29, 0.717) is 30.5 Å². The van der Waals surface area contributed by atoms with Gasteiger partial charge in [0.25, 0.3) is 11.8 Å². The summed E-state index contributed by atoms with van der Waals surface area (Å²) < 4.78 is 1.98. The maximum atomic E-state index is 12.3. The van der Waals surface area contributed by atoms with Crippen LogP contribution in [-0.4, -0.2) is 45.1 Å². The molecule has 7 heteroatoms. The number of carbonyl (C=O) groups is 3. The quantitative estimate of drug-likeness (QED) is 0.628. The Balaban J connectivity index is 1.21. The van der Waals surface area contributed by atoms with Gasteiger partial charge in [-0.3, -0.25) is 19.3 Å². The van der Waals surface area contributed by atoms with Crippen molar-refractivity contribution >= 4 is 23.4 Å². The predicted molar refractivity (Wildman–Crippen MR) is 108 cm³/mol. The number of fused-ring (bicyclic) bond motifs is 2. The summed E-state index contributed by atoms with van der Waals surface area (Å²) in [6, 6.07) is 10.8. The summed E-state index contributed by atoms with van der Waals surface area (Å²) >= 11 is 0. The Morgan fingerprint density at radius 1 is 1.03 bits per heavy atom. The van der Waals surface area contributed by atoms with Crippen molar-refractivity contribution in [3.05, 3.63) is 71.2 Å². The molecule has 3 heterocycles. The van der Waals surface area contributed by atoms with Crippen LogP contribution in [0.25, 0.3) is 5.65 Å². The number of rotatable bonds is 7. The van der Waals surface area contributed by atoms with Gasteiger partial charge in [-0.25, -0.2) is 4.98 Å². The first kappa shape index (κ1) is 18.9. The second-order valence-electron chi connectivity index (χ2n) is 7.22. The maximum absolute atomic E-state index is 12.3. The SMILES string of the molecule is Cc1ccc2nc(CCNC(=O)CCCN3C(=O)c4ccccc4C3=O)cn2c1. The number of carbonyl (C=O) groups excluding carboxylic acids is 3. The van der Waals surface area contributed by atoms with Crippen molar-refractivity contribution in [1.82, 2.24) is 19.6 Å². The Kier molecular flexibility index (Phi) is 5.12. The minimum Gasteiger partial charge on any atom is -0.356 e. The lowest BCUT2D eigenvalue weighted by Crippen LogP contribution is -2.32. The van der Waals surface area contributed by atoms with Crippen LogP contribution >= 0.6 is 0 Å². The van der Waals surface area contributed by atoms with Gasteiger partial charge in [-0.15, -0.1) is 0 Å². The van der Waals surface area contributed by atoms with Gasteiger partial charge in [0.1, 0.15) is 5.65 Å². The van der Waals surface area contributed by atoms with Crippen LogP contribution in [0.3, 0.4) is 0 Å². The Morgan fingerprint density at radius 2 is 1.76 bits per heavy atom. The van der Waals surface area contributed by atoms with E-state index in [1.807, 2.05) is 35.9 Å². The van der Waals surface area contributed by atoms with E-state index in [4.69, 9.17) is 0 Å². The highest BCUT2D eigenvalue weighted by Gasteiger charge is 2.34. The lowest BCUT2D eigenvalue weighted by atomic mass is 10.1. The summed E-state index contributed by atoms with van der Waals surface area (Å²) in [6.45, 7) is 2.77. The molecule has 0 radical (unpaired) electrons. The number of imide groups is 1. The molecule has 0 spiro atoms. The zero-order chi connectivity index (χ0) is 20.4. The molecule has 2 aromatic heterocycles. The molecular weight excluding hydrogens is 368 g/mol. The third kappa shape index (κ3) is 3.89. The number of benzene rings is 1. The van der Waals surface area contributed by atoms with E-state index in [-0.39, 0.29) is 30.7 Å². The fraction of sp³-hybridized carbons (Fsp3) is 0.273. The first-order valence-electron chi connectivity index (χ1n) is 9.69. The number of nitrogens with zero attached hydrogens (tertiary/aromatic N) is 3. The minimum absolute atomic E-state index is 0.0961. The number of nitrogens with one attached hydrogen (secondary N) is 1. The van der Waals surface area contributed by atoms with Crippen LogP contribution in [0.1, 0.15) is 44.8 Å². The largest absolute Gasteiger partial charge is 0.356 e. The Bertz CT molecular complexity index is 1070. The van der Waals surface area contributed by atoms with Crippen molar-refractivity contribution in [2.75, 3.05) is 13.1 Å². The molecule has 0 saturated heterocycles. The second-order valence-corrected chi connectivity index (χ2v) is 7.22. The van der Waals surface area contributed by atoms with Crippen LogP contribution in [0.2, 0.25) is 0 Å². The highest BCUT2D eigenvalue weighted by atomic mass is 16.2. The van der Waals surface area contributed by atoms with Gasteiger partial charge in [0, 0.05) is 38.3 Å². The summed E-state index contributed by atoms with van der Waals surface area (Å²) in [5.74, 6) is -0.664. The van der Waals surface area contributed by atoms with Crippen LogP contribution in [0, 0.1) is 6.92 Å². The average Bonchev–Trinajstić information content (AvgIpc) is 3.21. The normalized spacial score (nSPS) is 13.2. The molecule has 3 aromatic rings. The first-order valence-corrected chi connectivity index (χ1v) is 9.69. The maximum Gasteiger partial charge on any atom is 0.261 e. The van der Waals surface area contributed by atoms with Gasteiger partial charge in [-0.1, -0.05) is 18.2 Å². The van der Waals surface area contributed by atoms with E-state index in [9.17, 15) is 14.4 Å². The van der Waals surface area contributed by atoms with Crippen LogP contribution in [0.5, 0.6) is 0 Å². The van der Waals surface area contributed by atoms with E-state index in [2.05, 4.69) is 10.3 Å². The topological polar surface area (TPSA) is 83.8 Å². The Morgan fingerprint density at radius 3 is 2.48 bits per heavy atom. The molecule has 1 N–H and O–H groups in total. The molecule has 0 saturated carbocycles. The number of hydrogen-bond donors (Lipinski definition) is 1. The van der Waals surface area contributed by atoms with Crippen LogP contribution in [0.15, 0.2) is 48.8 Å². The minimum atomic E-state index is -0.284. The van der Waals surface area contributed by atoms with Gasteiger partial charge < -0.3 is 9.72 Å². The van der Waals surface area contributed by atoms with E-state index >= 15 is 0 Å². The molecule has 7 nitrogen and oxygen atoms in total. The highest BCUT2D eigenvalue weighted by molar-refractivity contribution is 6.21. The Labute approximate surface area is 168 Å². The molecule has 0 fully saturated rings. The van der Waals surface area contributed by atoms with E-state index in [0.717, 1.165) is 16.9 Å². The smallest absolute Gasteiger partial charge is 0.261 e. The van der Waals surface area contributed by atoms with Crippen molar-refractivity contribution in [3.8, 4) is 0 Å². The van der Waals surface area contributed by atoms with Crippen molar-refractivity contribution in [3.63, 3.8) is 0 Å². The molecule has 0 unspecified atom stereocenters. The molecular formula is C22H22N4O3. The third-order valence-electron chi connectivity index (χ3n) is 5.02. The molecule has 0 aliphatic carbocycles. The summed E-state index contributed by atoms with van der Waals surface area (Å²) in [6.07, 6.45) is 5.33. The number of pyridine rings is 1. The van der Waals surface area contributed by atoms with E-state index < -0.39 is 0 Å². The van der Waals surface area contributed by atoms with Crippen molar-refractivity contribution in [1.29, 1.82) is 0 Å². The lowest BCUT2D eigenvalue weighted by molar-refractivity contribution is -0.121. The fourth-order valence-electron chi connectivity index (χ4n) is 3.53. The van der Waals surface area contributed by atoms with E-state index in [1.54, 1.807) is 24.3 Å². The standard InChI is InChI=1S/C22H22N4O3/c1-15-8-9-19-24-16(14-25(19)13-15)10-11-23-20(27)7-4-12-26-21(28)17-5-2-3-6-18(17)22(26)29/h2-3,5-6,8-9,13-14H,4,7,10-12H2,1H3,(H,23,27). The van der Waals surface area contributed by atoms with E-state index in [1.165, 1.54) is 4.90 Å². The molecule has 1 aliphatic heterocycles. The highest BCUT2D eigenvalue weighted by Crippen LogP contribution is 2.22. The number of amides is 3. The van der Waals surface area contributed by atoms with Crippen molar-refractivity contribution in [2.45, 2.75) is 26.2 Å². The second kappa shape index (κ2) is 7.87. The van der Waals surface area contributed by atoms with Gasteiger partial charge in [0.05, 0.1) is 16.8 Å². The summed E-state index contributed by atoms with van der Waals surface area (Å²) in [5, 5.41) is 2.88. The molecule has 1 aromatic carbocycles. The fourth-order valence-corrected chi connectivity index (χ4v) is 3.53. The molecule has 1 aliphatic rings. The molecule has 29 heavy (non-hydrogen) atoms. The lowest BCUT2D eigenvalue weighted by Gasteiger charge is -2.13. The number of aryl methyl sites for hydroxylation is 1. The molecule has 3 amide bonds. The summed E-state index contributed by atoms with van der Waals surface area (Å²) in [4.78, 5) is 42.4. The Hall–Kier alpha value is -3.48. The predicted octanol–water partition coefficient (Wildman–Crippen LogP) is 2.38. The van der Waals surface area contributed by atoms with Gasteiger partial charge >= 0.3 is 0 Å². The third-order valence-corrected chi connectivity index (χ3v) is 5.02. The first-order chi connectivity index (χ1) is 14.0. The number of aromatic nitrogens is 2. The average molecular weight is 390 g/mol.